The molecule has 0 radical (unpaired) electrons. The van der Waals surface area contributed by atoms with Crippen LogP contribution in [0.25, 0.3) is 0 Å². The average Bonchev–Trinajstić information content (AvgIpc) is 2.73. The van der Waals surface area contributed by atoms with Crippen molar-refractivity contribution in [2.45, 2.75) is 39.5 Å². The summed E-state index contributed by atoms with van der Waals surface area (Å²) in [6.07, 6.45) is 5.01. The lowest BCUT2D eigenvalue weighted by molar-refractivity contribution is 0.112. The summed E-state index contributed by atoms with van der Waals surface area (Å²) < 4.78 is 11.2. The third kappa shape index (κ3) is 4.38. The molecular weight excluding hydrogens is 236 g/mol. The number of aldehydes is 1. The molecule has 0 aliphatic rings. The maximum atomic E-state index is 10.9. The first-order chi connectivity index (χ1) is 8.33. The van der Waals surface area contributed by atoms with Gasteiger partial charge in [0, 0.05) is 5.38 Å². The van der Waals surface area contributed by atoms with Crippen molar-refractivity contribution in [2.24, 2.45) is 0 Å². The Bertz CT molecular complexity index is 333. The lowest BCUT2D eigenvalue weighted by Crippen LogP contribution is -2.01. The molecule has 0 bridgehead atoms. The second-order valence-electron chi connectivity index (χ2n) is 3.82. The van der Waals surface area contributed by atoms with Gasteiger partial charge in [0.25, 0.3) is 0 Å². The van der Waals surface area contributed by atoms with Crippen molar-refractivity contribution in [3.63, 3.8) is 0 Å². The van der Waals surface area contributed by atoms with E-state index in [0.29, 0.717) is 29.6 Å². The lowest BCUT2D eigenvalue weighted by Gasteiger charge is -2.09. The molecule has 0 fully saturated rings. The number of unbranched alkanes of at least 4 members (excludes halogenated alkanes) is 2. The summed E-state index contributed by atoms with van der Waals surface area (Å²) in [5, 5.41) is 1.85. The Labute approximate surface area is 107 Å². The Balaban J connectivity index is 2.61. The molecule has 1 rings (SSSR count). The number of carbonyl (C=O) groups excluding carboxylic acids is 1. The molecule has 96 valence electrons. The largest absolute Gasteiger partial charge is 0.489 e. The van der Waals surface area contributed by atoms with Gasteiger partial charge in [0.1, 0.15) is 4.88 Å². The molecule has 1 aromatic heterocycles. The number of thiophene rings is 1. The maximum absolute atomic E-state index is 10.9. The predicted molar refractivity (Wildman–Crippen MR) is 70.5 cm³/mol. The molecule has 0 spiro atoms. The molecule has 0 saturated carbocycles. The van der Waals surface area contributed by atoms with Crippen LogP contribution < -0.4 is 9.47 Å². The van der Waals surface area contributed by atoms with Gasteiger partial charge in [0.2, 0.25) is 0 Å². The Morgan fingerprint density at radius 1 is 1.18 bits per heavy atom. The zero-order chi connectivity index (χ0) is 12.5. The van der Waals surface area contributed by atoms with Crippen LogP contribution >= 0.6 is 11.3 Å². The van der Waals surface area contributed by atoms with Crippen LogP contribution in [0.5, 0.6) is 11.5 Å². The molecule has 1 aromatic rings. The first-order valence-electron chi connectivity index (χ1n) is 6.15. The van der Waals surface area contributed by atoms with Crippen LogP contribution in [0, 0.1) is 0 Å². The normalized spacial score (nSPS) is 10.2. The van der Waals surface area contributed by atoms with Crippen molar-refractivity contribution < 1.29 is 14.3 Å². The van der Waals surface area contributed by atoms with Crippen LogP contribution in [0.1, 0.15) is 49.2 Å². The molecule has 1 heterocycles. The minimum atomic E-state index is 0.618. The van der Waals surface area contributed by atoms with E-state index in [-0.39, 0.29) is 0 Å². The van der Waals surface area contributed by atoms with E-state index in [9.17, 15) is 4.79 Å². The molecule has 0 aliphatic heterocycles. The molecule has 17 heavy (non-hydrogen) atoms. The van der Waals surface area contributed by atoms with Crippen molar-refractivity contribution in [1.29, 1.82) is 0 Å². The number of hydrogen-bond donors (Lipinski definition) is 0. The fraction of sp³-hybridized carbons (Fsp3) is 0.615. The minimum absolute atomic E-state index is 0.618. The predicted octanol–water partition coefficient (Wildman–Crippen LogP) is 3.92. The van der Waals surface area contributed by atoms with E-state index < -0.39 is 0 Å². The second kappa shape index (κ2) is 8.12. The smallest absolute Gasteiger partial charge is 0.182 e. The Morgan fingerprint density at radius 2 is 1.82 bits per heavy atom. The summed E-state index contributed by atoms with van der Waals surface area (Å²) in [6.45, 7) is 5.54. The molecule has 0 atom stereocenters. The molecule has 4 heteroatoms. The highest BCUT2D eigenvalue weighted by molar-refractivity contribution is 7.12. The Morgan fingerprint density at radius 3 is 2.41 bits per heavy atom. The van der Waals surface area contributed by atoms with E-state index >= 15 is 0 Å². The van der Waals surface area contributed by atoms with Gasteiger partial charge in [-0.25, -0.2) is 0 Å². The SMILES string of the molecule is CCCCOc1csc(C=O)c1OCCCC. The van der Waals surface area contributed by atoms with E-state index in [4.69, 9.17) is 9.47 Å². The van der Waals surface area contributed by atoms with E-state index in [1.54, 1.807) is 0 Å². The summed E-state index contributed by atoms with van der Waals surface area (Å²) >= 11 is 1.37. The number of rotatable bonds is 9. The van der Waals surface area contributed by atoms with Gasteiger partial charge >= 0.3 is 0 Å². The van der Waals surface area contributed by atoms with Crippen molar-refractivity contribution in [2.75, 3.05) is 13.2 Å². The second-order valence-corrected chi connectivity index (χ2v) is 4.73. The summed E-state index contributed by atoms with van der Waals surface area (Å²) in [5.41, 5.74) is 0. The standard InChI is InChI=1S/C13H20O3S/c1-3-5-7-15-11-10-17-12(9-14)13(11)16-8-6-4-2/h9-10H,3-8H2,1-2H3. The summed E-state index contributed by atoms with van der Waals surface area (Å²) in [7, 11) is 0. The highest BCUT2D eigenvalue weighted by atomic mass is 32.1. The van der Waals surface area contributed by atoms with Crippen molar-refractivity contribution in [3.8, 4) is 11.5 Å². The van der Waals surface area contributed by atoms with Crippen molar-refractivity contribution in [3.05, 3.63) is 10.3 Å². The van der Waals surface area contributed by atoms with Gasteiger partial charge in [0.05, 0.1) is 13.2 Å². The first kappa shape index (κ1) is 14.0. The summed E-state index contributed by atoms with van der Waals surface area (Å²) in [4.78, 5) is 11.5. The van der Waals surface area contributed by atoms with Gasteiger partial charge in [-0.05, 0) is 12.8 Å². The van der Waals surface area contributed by atoms with Crippen LogP contribution in [-0.2, 0) is 0 Å². The molecule has 0 amide bonds. The third-order valence-corrected chi connectivity index (χ3v) is 3.21. The van der Waals surface area contributed by atoms with Crippen molar-refractivity contribution >= 4 is 17.6 Å². The highest BCUT2D eigenvalue weighted by Gasteiger charge is 2.13. The quantitative estimate of drug-likeness (QED) is 0.496. The lowest BCUT2D eigenvalue weighted by atomic mass is 10.3. The monoisotopic (exact) mass is 256 g/mol. The molecule has 0 aliphatic carbocycles. The molecule has 0 N–H and O–H groups in total. The number of ether oxygens (including phenoxy) is 2. The zero-order valence-corrected chi connectivity index (χ0v) is 11.3. The number of carbonyl (C=O) groups is 1. The topological polar surface area (TPSA) is 35.5 Å². The Hall–Kier alpha value is -1.03. The van der Waals surface area contributed by atoms with E-state index in [0.717, 1.165) is 32.0 Å². The summed E-state index contributed by atoms with van der Waals surface area (Å²) in [6, 6.07) is 0. The van der Waals surface area contributed by atoms with Crippen LogP contribution in [0.2, 0.25) is 0 Å². The van der Waals surface area contributed by atoms with Crippen molar-refractivity contribution in [1.82, 2.24) is 0 Å². The van der Waals surface area contributed by atoms with Gasteiger partial charge in [-0.2, -0.15) is 0 Å². The van der Waals surface area contributed by atoms with E-state index in [1.165, 1.54) is 11.3 Å². The molecule has 0 saturated heterocycles. The third-order valence-electron chi connectivity index (χ3n) is 2.35. The van der Waals surface area contributed by atoms with Crippen LogP contribution in [0.15, 0.2) is 5.38 Å². The highest BCUT2D eigenvalue weighted by Crippen LogP contribution is 2.36. The maximum Gasteiger partial charge on any atom is 0.182 e. The van der Waals surface area contributed by atoms with Gasteiger partial charge in [-0.15, -0.1) is 11.3 Å². The minimum Gasteiger partial charge on any atom is -0.489 e. The number of hydrogen-bond acceptors (Lipinski definition) is 4. The van der Waals surface area contributed by atoms with Crippen LogP contribution in [-0.4, -0.2) is 19.5 Å². The van der Waals surface area contributed by atoms with E-state index in [2.05, 4.69) is 13.8 Å². The zero-order valence-electron chi connectivity index (χ0n) is 10.5. The van der Waals surface area contributed by atoms with Crippen LogP contribution in [0.4, 0.5) is 0 Å². The Kier molecular flexibility index (Phi) is 6.70. The van der Waals surface area contributed by atoms with Gasteiger partial charge in [0.15, 0.2) is 17.8 Å². The first-order valence-corrected chi connectivity index (χ1v) is 7.03. The molecule has 0 aromatic carbocycles. The van der Waals surface area contributed by atoms with E-state index in [1.807, 2.05) is 5.38 Å². The van der Waals surface area contributed by atoms with Gasteiger partial charge < -0.3 is 9.47 Å². The fourth-order valence-electron chi connectivity index (χ4n) is 1.31. The fourth-order valence-corrected chi connectivity index (χ4v) is 2.04. The molecule has 0 unspecified atom stereocenters. The summed E-state index contributed by atoms with van der Waals surface area (Å²) in [5.74, 6) is 1.33. The molecular formula is C13H20O3S. The van der Waals surface area contributed by atoms with Gasteiger partial charge in [-0.3, -0.25) is 4.79 Å². The average molecular weight is 256 g/mol. The van der Waals surface area contributed by atoms with Crippen LogP contribution in [0.3, 0.4) is 0 Å². The molecule has 3 nitrogen and oxygen atoms in total. The van der Waals surface area contributed by atoms with Gasteiger partial charge in [-0.1, -0.05) is 26.7 Å².